The Labute approximate surface area is 51.0 Å². The lowest BCUT2D eigenvalue weighted by atomic mass is 10.7. The number of hydrogen-bond donors (Lipinski definition) is 2. The molecule has 0 radical (unpaired) electrons. The molecule has 50 valence electrons. The molecule has 0 aromatic heterocycles. The molecule has 0 rings (SSSR count). The fourth-order valence-electron chi connectivity index (χ4n) is 0. The van der Waals surface area contributed by atoms with Gasteiger partial charge in [0.15, 0.2) is 0 Å². The van der Waals surface area contributed by atoms with E-state index >= 15 is 0 Å². The van der Waals surface area contributed by atoms with Gasteiger partial charge >= 0.3 is 21.2 Å². The fraction of sp³-hybridized carbons (Fsp3) is 0. The Hall–Kier alpha value is -1.24. The lowest BCUT2D eigenvalue weighted by molar-refractivity contribution is -0.159. The summed E-state index contributed by atoms with van der Waals surface area (Å²) >= 11 is 0. The van der Waals surface area contributed by atoms with Crippen molar-refractivity contribution in [2.24, 2.45) is 0 Å². The highest BCUT2D eigenvalue weighted by Crippen LogP contribution is 1.56. The number of carboxylic acids is 2. The second-order valence-corrected chi connectivity index (χ2v) is 0.860. The van der Waals surface area contributed by atoms with Gasteiger partial charge in [0, 0.05) is 0 Å². The second kappa shape index (κ2) is 6.76. The Kier molecular flexibility index (Phi) is 8.02. The van der Waals surface area contributed by atoms with Crippen LogP contribution >= 0.6 is 0 Å². The Morgan fingerprint density at radius 3 is 1.11 bits per heavy atom. The van der Waals surface area contributed by atoms with E-state index in [-0.39, 0.29) is 0 Å². The van der Waals surface area contributed by atoms with E-state index in [0.29, 0.717) is 0 Å². The minimum atomic E-state index is -1.82. The molecule has 0 fully saturated rings. The molecule has 0 aromatic rings. The normalized spacial score (nSPS) is 5.78. The molecule has 0 unspecified atom stereocenters. The summed E-state index contributed by atoms with van der Waals surface area (Å²) in [7, 11) is -1.42. The number of rotatable bonds is 0. The quantitative estimate of drug-likeness (QED) is 0.322. The minimum Gasteiger partial charge on any atom is -0.473 e. The van der Waals surface area contributed by atoms with Crippen LogP contribution in [0.4, 0.5) is 0 Å². The van der Waals surface area contributed by atoms with Gasteiger partial charge < -0.3 is 10.2 Å². The maximum atomic E-state index is 9.10. The molecule has 2 N–H and O–H groups in total. The van der Waals surface area contributed by atoms with Gasteiger partial charge in [-0.3, -0.25) is 8.92 Å². The fourth-order valence-corrected chi connectivity index (χ4v) is 0. The first-order valence-corrected chi connectivity index (χ1v) is 2.33. The molecule has 7 heteroatoms. The number of hydrogen-bond acceptors (Lipinski definition) is 4. The second-order valence-electron chi connectivity index (χ2n) is 0.694. The van der Waals surface area contributed by atoms with Crippen molar-refractivity contribution in [2.75, 3.05) is 0 Å². The highest BCUT2D eigenvalue weighted by atomic mass is 28.2. The third kappa shape index (κ3) is 20.1. The molecule has 9 heavy (non-hydrogen) atoms. The predicted molar refractivity (Wildman–Crippen MR) is 22.4 cm³/mol. The van der Waals surface area contributed by atoms with Gasteiger partial charge in [-0.25, -0.2) is 9.59 Å². The Balaban J connectivity index is 0. The number of carboxylic acid groups (broad SMARTS) is 2. The van der Waals surface area contributed by atoms with Crippen molar-refractivity contribution in [3.63, 3.8) is 0 Å². The largest absolute Gasteiger partial charge is 0.549 e. The summed E-state index contributed by atoms with van der Waals surface area (Å²) in [5, 5.41) is 14.8. The molecular formula is C2H2O6Si. The zero-order valence-corrected chi connectivity index (χ0v) is 5.03. The average Bonchev–Trinajstić information content (AvgIpc) is 1.68. The van der Waals surface area contributed by atoms with Crippen LogP contribution in [0.1, 0.15) is 0 Å². The van der Waals surface area contributed by atoms with E-state index in [0.717, 1.165) is 0 Å². The van der Waals surface area contributed by atoms with Crippen molar-refractivity contribution in [3.05, 3.63) is 0 Å². The van der Waals surface area contributed by atoms with Crippen molar-refractivity contribution in [1.29, 1.82) is 0 Å². The molecule has 0 aromatic carbocycles. The summed E-state index contributed by atoms with van der Waals surface area (Å²) in [6.45, 7) is 0. The Morgan fingerprint density at radius 2 is 1.11 bits per heavy atom. The van der Waals surface area contributed by atoms with E-state index in [1.54, 1.807) is 0 Å². The van der Waals surface area contributed by atoms with Crippen molar-refractivity contribution in [3.8, 4) is 0 Å². The summed E-state index contributed by atoms with van der Waals surface area (Å²) < 4.78 is 16.8. The summed E-state index contributed by atoms with van der Waals surface area (Å²) in [4.78, 5) is 18.2. The van der Waals surface area contributed by atoms with Gasteiger partial charge in [-0.1, -0.05) is 0 Å². The SMILES string of the molecule is O=C(O)C(=O)O.O=[Si]=O. The minimum absolute atomic E-state index is 1.42. The summed E-state index contributed by atoms with van der Waals surface area (Å²) in [5.74, 6) is -3.65. The van der Waals surface area contributed by atoms with Crippen LogP contribution in [0, 0.1) is 0 Å². The molecule has 0 aliphatic rings. The third-order valence-electron chi connectivity index (χ3n) is 0.183. The first-order chi connectivity index (χ1) is 4.06. The van der Waals surface area contributed by atoms with Crippen LogP contribution in [-0.4, -0.2) is 31.4 Å². The molecule has 0 atom stereocenters. The molecule has 0 aliphatic heterocycles. The number of carbonyl (C=O) groups is 2. The van der Waals surface area contributed by atoms with Crippen molar-refractivity contribution in [1.82, 2.24) is 0 Å². The van der Waals surface area contributed by atoms with Crippen molar-refractivity contribution < 1.29 is 28.7 Å². The van der Waals surface area contributed by atoms with Crippen molar-refractivity contribution in [2.45, 2.75) is 0 Å². The van der Waals surface area contributed by atoms with Crippen LogP contribution in [0.3, 0.4) is 0 Å². The first-order valence-electron chi connectivity index (χ1n) is 1.51. The molecule has 6 nitrogen and oxygen atoms in total. The van der Waals surface area contributed by atoms with E-state index in [2.05, 4.69) is 0 Å². The zero-order valence-electron chi connectivity index (χ0n) is 4.03. The summed E-state index contributed by atoms with van der Waals surface area (Å²) in [6.07, 6.45) is 0. The molecule has 0 heterocycles. The van der Waals surface area contributed by atoms with Gasteiger partial charge in [0.1, 0.15) is 0 Å². The van der Waals surface area contributed by atoms with Gasteiger partial charge in [0.2, 0.25) is 0 Å². The molecule has 0 saturated carbocycles. The van der Waals surface area contributed by atoms with Gasteiger partial charge in [-0.2, -0.15) is 0 Å². The van der Waals surface area contributed by atoms with Gasteiger partial charge in [0.25, 0.3) is 0 Å². The van der Waals surface area contributed by atoms with E-state index < -0.39 is 21.2 Å². The zero-order chi connectivity index (χ0) is 7.86. The predicted octanol–water partition coefficient (Wildman–Crippen LogP) is -1.46. The topological polar surface area (TPSA) is 109 Å². The van der Waals surface area contributed by atoms with E-state index in [4.69, 9.17) is 28.7 Å². The maximum absolute atomic E-state index is 9.10. The van der Waals surface area contributed by atoms with E-state index in [1.807, 2.05) is 0 Å². The van der Waals surface area contributed by atoms with Crippen LogP contribution in [0.2, 0.25) is 0 Å². The van der Waals surface area contributed by atoms with Gasteiger partial charge in [-0.05, 0) is 0 Å². The molecule has 0 spiro atoms. The van der Waals surface area contributed by atoms with Crippen LogP contribution in [0.5, 0.6) is 0 Å². The van der Waals surface area contributed by atoms with Gasteiger partial charge in [-0.15, -0.1) is 0 Å². The van der Waals surface area contributed by atoms with Crippen LogP contribution in [0.15, 0.2) is 0 Å². The smallest absolute Gasteiger partial charge is 0.473 e. The van der Waals surface area contributed by atoms with Crippen LogP contribution in [0.25, 0.3) is 0 Å². The Morgan fingerprint density at radius 1 is 1.00 bits per heavy atom. The van der Waals surface area contributed by atoms with E-state index in [1.165, 1.54) is 0 Å². The average molecular weight is 150 g/mol. The highest BCUT2D eigenvalue weighted by Gasteiger charge is 2.04. The first kappa shape index (κ1) is 10.7. The number of aliphatic carboxylic acids is 2. The summed E-state index contributed by atoms with van der Waals surface area (Å²) in [6, 6.07) is 0. The van der Waals surface area contributed by atoms with Gasteiger partial charge in [0.05, 0.1) is 0 Å². The van der Waals surface area contributed by atoms with Crippen LogP contribution < -0.4 is 0 Å². The monoisotopic (exact) mass is 150 g/mol. The molecule has 0 bridgehead atoms. The highest BCUT2D eigenvalue weighted by molar-refractivity contribution is 6.27. The lowest BCUT2D eigenvalue weighted by Crippen LogP contribution is -2.09. The molecule has 0 saturated heterocycles. The summed E-state index contributed by atoms with van der Waals surface area (Å²) in [5.41, 5.74) is 0. The van der Waals surface area contributed by atoms with Crippen molar-refractivity contribution >= 4 is 21.2 Å². The maximum Gasteiger partial charge on any atom is 0.549 e. The van der Waals surface area contributed by atoms with E-state index in [9.17, 15) is 0 Å². The molecular weight excluding hydrogens is 148 g/mol. The lowest BCUT2D eigenvalue weighted by Gasteiger charge is -1.72. The van der Waals surface area contributed by atoms with Crippen LogP contribution in [-0.2, 0) is 18.5 Å². The third-order valence-corrected chi connectivity index (χ3v) is 0.183. The standard InChI is InChI=1S/C2H2O4.O2Si/c3-1(4)2(5)6;1-3-2/h(H,3,4)(H,5,6);. The Bertz CT molecular complexity index is 131. The molecule has 0 aliphatic carbocycles. The molecule has 0 amide bonds.